The lowest BCUT2D eigenvalue weighted by molar-refractivity contribution is 0.0876. The van der Waals surface area contributed by atoms with Crippen LogP contribution in [-0.4, -0.2) is 18.0 Å². The molecule has 0 spiro atoms. The maximum Gasteiger partial charge on any atom is 0.287 e. The molecule has 1 amide bonds. The van der Waals surface area contributed by atoms with Gasteiger partial charge in [0.15, 0.2) is 5.76 Å². The van der Waals surface area contributed by atoms with Gasteiger partial charge >= 0.3 is 0 Å². The predicted molar refractivity (Wildman–Crippen MR) is 63.3 cm³/mol. The Kier molecular flexibility index (Phi) is 4.12. The van der Waals surface area contributed by atoms with Crippen molar-refractivity contribution in [2.75, 3.05) is 6.54 Å². The zero-order valence-electron chi connectivity index (χ0n) is 10.2. The van der Waals surface area contributed by atoms with Crippen LogP contribution in [0.1, 0.15) is 43.5 Å². The summed E-state index contributed by atoms with van der Waals surface area (Å²) < 4.78 is 5.38. The van der Waals surface area contributed by atoms with Crippen LogP contribution in [0.2, 0.25) is 0 Å². The average molecular weight is 224 g/mol. The van der Waals surface area contributed by atoms with Crippen LogP contribution in [-0.2, 0) is 6.42 Å². The lowest BCUT2D eigenvalue weighted by Gasteiger charge is -2.27. The fourth-order valence-electron chi connectivity index (χ4n) is 1.31. The zero-order chi connectivity index (χ0) is 12.2. The third kappa shape index (κ3) is 2.85. The summed E-state index contributed by atoms with van der Waals surface area (Å²) in [5.74, 6) is 0.968. The summed E-state index contributed by atoms with van der Waals surface area (Å²) in [6, 6.07) is 3.52. The molecule has 0 aliphatic heterocycles. The van der Waals surface area contributed by atoms with Gasteiger partial charge in [0.25, 0.3) is 5.91 Å². The molecule has 16 heavy (non-hydrogen) atoms. The van der Waals surface area contributed by atoms with Crippen molar-refractivity contribution in [1.29, 1.82) is 0 Å². The molecule has 0 aromatic carbocycles. The Balaban J connectivity index is 2.71. The fraction of sp³-hybridized carbons (Fsp3) is 0.583. The zero-order valence-corrected chi connectivity index (χ0v) is 10.2. The van der Waals surface area contributed by atoms with E-state index in [0.717, 1.165) is 18.6 Å². The number of aryl methyl sites for hydroxylation is 1. The summed E-state index contributed by atoms with van der Waals surface area (Å²) in [5.41, 5.74) is 5.27. The molecule has 1 unspecified atom stereocenters. The first kappa shape index (κ1) is 12.8. The van der Waals surface area contributed by atoms with E-state index in [1.54, 1.807) is 6.07 Å². The molecule has 4 heteroatoms. The molecule has 3 N–H and O–H groups in total. The number of carbonyl (C=O) groups is 1. The molecule has 0 aliphatic carbocycles. The van der Waals surface area contributed by atoms with E-state index in [2.05, 4.69) is 5.32 Å². The fourth-order valence-corrected chi connectivity index (χ4v) is 1.31. The molecule has 1 rings (SSSR count). The first-order valence-electron chi connectivity index (χ1n) is 5.66. The van der Waals surface area contributed by atoms with Crippen molar-refractivity contribution >= 4 is 5.91 Å². The third-order valence-corrected chi connectivity index (χ3v) is 2.88. The Labute approximate surface area is 96.2 Å². The minimum absolute atomic E-state index is 0.200. The predicted octanol–water partition coefficient (Wildman–Crippen LogP) is 1.70. The standard InChI is InChI=1S/C12H20N2O2/c1-4-9-6-7-10(16-9)11(15)14-12(3,5-2)8-13/h6-7H,4-5,8,13H2,1-3H3,(H,14,15). The van der Waals surface area contributed by atoms with E-state index in [1.807, 2.05) is 26.8 Å². The van der Waals surface area contributed by atoms with Crippen molar-refractivity contribution < 1.29 is 9.21 Å². The number of furan rings is 1. The van der Waals surface area contributed by atoms with Gasteiger partial charge < -0.3 is 15.5 Å². The Bertz CT molecular complexity index is 354. The summed E-state index contributed by atoms with van der Waals surface area (Å²) in [7, 11) is 0. The van der Waals surface area contributed by atoms with Crippen LogP contribution in [0.15, 0.2) is 16.5 Å². The van der Waals surface area contributed by atoms with Crippen LogP contribution >= 0.6 is 0 Å². The van der Waals surface area contributed by atoms with Crippen LogP contribution < -0.4 is 11.1 Å². The molecule has 1 aromatic heterocycles. The summed E-state index contributed by atoms with van der Waals surface area (Å²) >= 11 is 0. The normalized spacial score (nSPS) is 14.5. The number of rotatable bonds is 5. The van der Waals surface area contributed by atoms with Crippen LogP contribution in [0, 0.1) is 0 Å². The monoisotopic (exact) mass is 224 g/mol. The van der Waals surface area contributed by atoms with Crippen molar-refractivity contribution in [1.82, 2.24) is 5.32 Å². The number of nitrogens with two attached hydrogens (primary N) is 1. The third-order valence-electron chi connectivity index (χ3n) is 2.88. The Morgan fingerprint density at radius 1 is 1.50 bits per heavy atom. The van der Waals surface area contributed by atoms with Gasteiger partial charge in [0.1, 0.15) is 5.76 Å². The largest absolute Gasteiger partial charge is 0.456 e. The maximum atomic E-state index is 11.8. The van der Waals surface area contributed by atoms with Gasteiger partial charge in [-0.1, -0.05) is 13.8 Å². The SMILES string of the molecule is CCc1ccc(C(=O)NC(C)(CC)CN)o1. The van der Waals surface area contributed by atoms with Crippen LogP contribution in [0.4, 0.5) is 0 Å². The second-order valence-corrected chi connectivity index (χ2v) is 4.19. The van der Waals surface area contributed by atoms with E-state index in [0.29, 0.717) is 12.3 Å². The van der Waals surface area contributed by atoms with E-state index in [4.69, 9.17) is 10.2 Å². The van der Waals surface area contributed by atoms with Crippen molar-refractivity contribution in [2.45, 2.75) is 39.2 Å². The second kappa shape index (κ2) is 5.16. The Hall–Kier alpha value is -1.29. The van der Waals surface area contributed by atoms with E-state index in [-0.39, 0.29) is 11.4 Å². The highest BCUT2D eigenvalue weighted by atomic mass is 16.3. The summed E-state index contributed by atoms with van der Waals surface area (Å²) in [6.45, 7) is 6.31. The molecule has 1 heterocycles. The Morgan fingerprint density at radius 2 is 2.19 bits per heavy atom. The highest BCUT2D eigenvalue weighted by Gasteiger charge is 2.24. The Morgan fingerprint density at radius 3 is 2.62 bits per heavy atom. The average Bonchev–Trinajstić information content (AvgIpc) is 2.77. The molecule has 0 aliphatic rings. The van der Waals surface area contributed by atoms with Gasteiger partial charge in [0.05, 0.1) is 0 Å². The van der Waals surface area contributed by atoms with E-state index < -0.39 is 0 Å². The van der Waals surface area contributed by atoms with E-state index >= 15 is 0 Å². The van der Waals surface area contributed by atoms with Gasteiger partial charge in [-0.05, 0) is 25.5 Å². The molecular formula is C12H20N2O2. The van der Waals surface area contributed by atoms with Gasteiger partial charge in [-0.25, -0.2) is 0 Å². The van der Waals surface area contributed by atoms with Crippen LogP contribution in [0.25, 0.3) is 0 Å². The van der Waals surface area contributed by atoms with Crippen LogP contribution in [0.3, 0.4) is 0 Å². The topological polar surface area (TPSA) is 68.3 Å². The molecule has 0 fully saturated rings. The van der Waals surface area contributed by atoms with Crippen molar-refractivity contribution in [2.24, 2.45) is 5.73 Å². The maximum absolute atomic E-state index is 11.8. The van der Waals surface area contributed by atoms with Crippen molar-refractivity contribution in [3.63, 3.8) is 0 Å². The van der Waals surface area contributed by atoms with Crippen LogP contribution in [0.5, 0.6) is 0 Å². The van der Waals surface area contributed by atoms with Gasteiger partial charge in [-0.2, -0.15) is 0 Å². The lowest BCUT2D eigenvalue weighted by Crippen LogP contribution is -2.50. The van der Waals surface area contributed by atoms with Gasteiger partial charge in [-0.15, -0.1) is 0 Å². The first-order valence-corrected chi connectivity index (χ1v) is 5.66. The van der Waals surface area contributed by atoms with Gasteiger partial charge in [0.2, 0.25) is 0 Å². The number of hydrogen-bond acceptors (Lipinski definition) is 3. The smallest absolute Gasteiger partial charge is 0.287 e. The highest BCUT2D eigenvalue weighted by Crippen LogP contribution is 2.12. The summed E-state index contributed by atoms with van der Waals surface area (Å²) in [6.07, 6.45) is 1.58. The lowest BCUT2D eigenvalue weighted by atomic mass is 9.99. The molecule has 0 bridgehead atoms. The number of carbonyl (C=O) groups excluding carboxylic acids is 1. The van der Waals surface area contributed by atoms with Crippen molar-refractivity contribution in [3.8, 4) is 0 Å². The van der Waals surface area contributed by atoms with Gasteiger partial charge in [-0.3, -0.25) is 4.79 Å². The van der Waals surface area contributed by atoms with E-state index in [1.165, 1.54) is 0 Å². The molecule has 0 saturated heterocycles. The van der Waals surface area contributed by atoms with E-state index in [9.17, 15) is 4.79 Å². The minimum Gasteiger partial charge on any atom is -0.456 e. The van der Waals surface area contributed by atoms with Gasteiger partial charge in [0, 0.05) is 18.5 Å². The molecule has 4 nitrogen and oxygen atoms in total. The highest BCUT2D eigenvalue weighted by molar-refractivity contribution is 5.92. The van der Waals surface area contributed by atoms with Crippen molar-refractivity contribution in [3.05, 3.63) is 23.7 Å². The summed E-state index contributed by atoms with van der Waals surface area (Å²) in [4.78, 5) is 11.8. The number of hydrogen-bond donors (Lipinski definition) is 2. The number of amides is 1. The summed E-state index contributed by atoms with van der Waals surface area (Å²) in [5, 5.41) is 2.89. The molecule has 0 radical (unpaired) electrons. The molecule has 1 aromatic rings. The minimum atomic E-state index is -0.365. The first-order chi connectivity index (χ1) is 7.54. The molecule has 1 atom stereocenters. The second-order valence-electron chi connectivity index (χ2n) is 4.19. The quantitative estimate of drug-likeness (QED) is 0.799. The molecular weight excluding hydrogens is 204 g/mol. The number of nitrogens with one attached hydrogen (secondary N) is 1. The molecule has 0 saturated carbocycles. The molecule has 90 valence electrons.